The molecule has 1 amide bonds. The molecule has 8 heteroatoms. The van der Waals surface area contributed by atoms with Crippen LogP contribution in [0, 0.1) is 0 Å². The molecule has 0 fully saturated rings. The minimum absolute atomic E-state index is 0.168. The Hall–Kier alpha value is -2.67. The molecule has 0 aliphatic heterocycles. The highest BCUT2D eigenvalue weighted by Gasteiger charge is 2.14. The van der Waals surface area contributed by atoms with Crippen molar-refractivity contribution in [3.63, 3.8) is 0 Å². The number of hydrogen-bond donors (Lipinski definition) is 1. The van der Waals surface area contributed by atoms with Crippen LogP contribution in [0.5, 0.6) is 0 Å². The van der Waals surface area contributed by atoms with Crippen molar-refractivity contribution in [1.82, 2.24) is 4.98 Å². The van der Waals surface area contributed by atoms with Gasteiger partial charge in [-0.05, 0) is 42.5 Å². The normalized spacial score (nSPS) is 11.7. The summed E-state index contributed by atoms with van der Waals surface area (Å²) in [6.07, 6.45) is 1.61. The maximum absolute atomic E-state index is 12.8. The van der Waals surface area contributed by atoms with Gasteiger partial charge in [-0.15, -0.1) is 11.3 Å². The summed E-state index contributed by atoms with van der Waals surface area (Å²) in [6.45, 7) is 0. The number of halogens is 2. The van der Waals surface area contributed by atoms with Crippen molar-refractivity contribution < 1.29 is 9.21 Å². The summed E-state index contributed by atoms with van der Waals surface area (Å²) in [5.41, 5.74) is 1.56. The zero-order valence-corrected chi connectivity index (χ0v) is 16.0. The van der Waals surface area contributed by atoms with E-state index in [1.54, 1.807) is 60.1 Å². The fourth-order valence-electron chi connectivity index (χ4n) is 2.46. The molecule has 134 valence electrons. The Morgan fingerprint density at radius 2 is 1.96 bits per heavy atom. The van der Waals surface area contributed by atoms with E-state index in [0.717, 1.165) is 0 Å². The van der Waals surface area contributed by atoms with Gasteiger partial charge in [0.15, 0.2) is 5.13 Å². The van der Waals surface area contributed by atoms with E-state index in [1.165, 1.54) is 11.3 Å². The smallest absolute Gasteiger partial charge is 0.262 e. The van der Waals surface area contributed by atoms with Crippen molar-refractivity contribution in [2.24, 2.45) is 4.99 Å². The van der Waals surface area contributed by atoms with Crippen LogP contribution in [0.3, 0.4) is 0 Å². The lowest BCUT2D eigenvalue weighted by Crippen LogP contribution is -2.21. The molecular weight excluding hydrogens is 405 g/mol. The molecule has 4 rings (SSSR count). The molecule has 0 bridgehead atoms. The topological polar surface area (TPSA) is 67.5 Å². The maximum atomic E-state index is 12.8. The predicted molar refractivity (Wildman–Crippen MR) is 108 cm³/mol. The van der Waals surface area contributed by atoms with Crippen LogP contribution in [-0.2, 0) is 0 Å². The predicted octanol–water partition coefficient (Wildman–Crippen LogP) is 5.68. The zero-order valence-electron chi connectivity index (χ0n) is 13.6. The van der Waals surface area contributed by atoms with Gasteiger partial charge in [0.25, 0.3) is 5.91 Å². The van der Waals surface area contributed by atoms with Crippen molar-refractivity contribution in [2.45, 2.75) is 0 Å². The molecule has 0 spiro atoms. The van der Waals surface area contributed by atoms with E-state index < -0.39 is 0 Å². The molecule has 0 unspecified atom stereocenters. The largest absolute Gasteiger partial charge is 0.438 e. The molecule has 0 saturated heterocycles. The van der Waals surface area contributed by atoms with E-state index in [4.69, 9.17) is 27.6 Å². The van der Waals surface area contributed by atoms with Gasteiger partial charge in [0, 0.05) is 27.0 Å². The number of carbonyl (C=O) groups excluding carboxylic acids is 1. The molecule has 0 aliphatic carbocycles. The van der Waals surface area contributed by atoms with Gasteiger partial charge >= 0.3 is 0 Å². The molecule has 2 aromatic heterocycles. The van der Waals surface area contributed by atoms with Crippen LogP contribution in [0.15, 0.2) is 69.5 Å². The van der Waals surface area contributed by atoms with Crippen LogP contribution in [0.25, 0.3) is 11.0 Å². The van der Waals surface area contributed by atoms with Gasteiger partial charge in [-0.3, -0.25) is 10.1 Å². The van der Waals surface area contributed by atoms with E-state index in [0.29, 0.717) is 31.8 Å². The standard InChI is InChI=1S/C19H11Cl2N3O2S/c20-12-2-1-3-14(10-12)23-18-15(17(25)24-19-22-6-7-27-19)9-11-8-13(21)4-5-16(11)26-18/h1-10H,(H,22,24,25). The van der Waals surface area contributed by atoms with Crippen molar-refractivity contribution in [3.8, 4) is 0 Å². The minimum atomic E-state index is -0.378. The van der Waals surface area contributed by atoms with Gasteiger partial charge in [-0.25, -0.2) is 9.98 Å². The number of fused-ring (bicyclic) bond motifs is 1. The number of benzene rings is 2. The highest BCUT2D eigenvalue weighted by atomic mass is 35.5. The first-order valence-corrected chi connectivity index (χ1v) is 9.46. The average Bonchev–Trinajstić information content (AvgIpc) is 3.14. The van der Waals surface area contributed by atoms with Gasteiger partial charge in [0.2, 0.25) is 5.55 Å². The Bertz CT molecular complexity index is 1200. The molecule has 2 aromatic carbocycles. The number of aromatic nitrogens is 1. The van der Waals surface area contributed by atoms with Crippen LogP contribution in [0.1, 0.15) is 10.4 Å². The summed E-state index contributed by atoms with van der Waals surface area (Å²) in [7, 11) is 0. The second-order valence-corrected chi connectivity index (χ2v) is 7.30. The summed E-state index contributed by atoms with van der Waals surface area (Å²) < 4.78 is 5.89. The quantitative estimate of drug-likeness (QED) is 0.467. The lowest BCUT2D eigenvalue weighted by atomic mass is 10.1. The second kappa shape index (κ2) is 7.52. The number of anilines is 1. The van der Waals surface area contributed by atoms with E-state index in [2.05, 4.69) is 15.3 Å². The number of hydrogen-bond acceptors (Lipinski definition) is 5. The molecular formula is C19H11Cl2N3O2S. The zero-order chi connectivity index (χ0) is 18.8. The molecule has 0 radical (unpaired) electrons. The number of amides is 1. The van der Waals surface area contributed by atoms with Crippen LogP contribution in [0.2, 0.25) is 10.0 Å². The SMILES string of the molecule is O=C(Nc1nccs1)c1cc2cc(Cl)ccc2oc1=Nc1cccc(Cl)c1. The summed E-state index contributed by atoms with van der Waals surface area (Å²) in [5, 5.41) is 6.78. The number of rotatable bonds is 3. The molecule has 1 N–H and O–H groups in total. The van der Waals surface area contributed by atoms with Crippen molar-refractivity contribution in [2.75, 3.05) is 5.32 Å². The average molecular weight is 416 g/mol. The first kappa shape index (κ1) is 17.7. The maximum Gasteiger partial charge on any atom is 0.262 e. The fraction of sp³-hybridized carbons (Fsp3) is 0. The van der Waals surface area contributed by atoms with Crippen molar-refractivity contribution >= 4 is 62.2 Å². The summed E-state index contributed by atoms with van der Waals surface area (Å²) >= 11 is 13.4. The van der Waals surface area contributed by atoms with Gasteiger partial charge < -0.3 is 4.42 Å². The molecule has 5 nitrogen and oxygen atoms in total. The molecule has 0 atom stereocenters. The third-order valence-corrected chi connectivity index (χ3v) is 4.80. The van der Waals surface area contributed by atoms with E-state index in [-0.39, 0.29) is 17.0 Å². The highest BCUT2D eigenvalue weighted by Crippen LogP contribution is 2.21. The van der Waals surface area contributed by atoms with Gasteiger partial charge in [0.1, 0.15) is 11.1 Å². The van der Waals surface area contributed by atoms with Crippen molar-refractivity contribution in [3.05, 3.63) is 81.3 Å². The second-order valence-electron chi connectivity index (χ2n) is 5.53. The first-order chi connectivity index (χ1) is 13.1. The van der Waals surface area contributed by atoms with Gasteiger partial charge in [0.05, 0.1) is 5.69 Å². The Labute approximate surface area is 167 Å². The van der Waals surface area contributed by atoms with Gasteiger partial charge in [-0.1, -0.05) is 29.3 Å². The Kier molecular flexibility index (Phi) is 4.94. The Balaban J connectivity index is 1.89. The summed E-state index contributed by atoms with van der Waals surface area (Å²) in [6, 6.07) is 13.8. The monoisotopic (exact) mass is 415 g/mol. The van der Waals surface area contributed by atoms with Crippen LogP contribution >= 0.6 is 34.5 Å². The lowest BCUT2D eigenvalue weighted by Gasteiger charge is -2.05. The lowest BCUT2D eigenvalue weighted by molar-refractivity contribution is 0.102. The van der Waals surface area contributed by atoms with E-state index >= 15 is 0 Å². The molecule has 27 heavy (non-hydrogen) atoms. The van der Waals surface area contributed by atoms with E-state index in [9.17, 15) is 4.79 Å². The Morgan fingerprint density at radius 1 is 1.11 bits per heavy atom. The first-order valence-electron chi connectivity index (χ1n) is 7.83. The number of carbonyl (C=O) groups is 1. The highest BCUT2D eigenvalue weighted by molar-refractivity contribution is 7.13. The van der Waals surface area contributed by atoms with Crippen molar-refractivity contribution in [1.29, 1.82) is 0 Å². The number of nitrogens with one attached hydrogen (secondary N) is 1. The molecule has 2 heterocycles. The number of nitrogens with zero attached hydrogens (tertiary/aromatic N) is 2. The summed E-state index contributed by atoms with van der Waals surface area (Å²) in [4.78, 5) is 21.3. The third-order valence-electron chi connectivity index (χ3n) is 3.64. The number of thiazole rings is 1. The van der Waals surface area contributed by atoms with E-state index in [1.807, 2.05) is 0 Å². The minimum Gasteiger partial charge on any atom is -0.438 e. The molecule has 0 saturated carbocycles. The summed E-state index contributed by atoms with van der Waals surface area (Å²) in [5.74, 6) is -0.378. The Morgan fingerprint density at radius 3 is 2.74 bits per heavy atom. The van der Waals surface area contributed by atoms with Gasteiger partial charge in [-0.2, -0.15) is 0 Å². The molecule has 0 aliphatic rings. The van der Waals surface area contributed by atoms with Crippen LogP contribution in [0.4, 0.5) is 10.8 Å². The van der Waals surface area contributed by atoms with Crippen LogP contribution < -0.4 is 10.9 Å². The fourth-order valence-corrected chi connectivity index (χ4v) is 3.35. The molecule has 4 aromatic rings. The third kappa shape index (κ3) is 4.03. The van der Waals surface area contributed by atoms with Crippen LogP contribution in [-0.4, -0.2) is 10.9 Å².